The van der Waals surface area contributed by atoms with Crippen LogP contribution in [0, 0.1) is 0 Å². The Morgan fingerprint density at radius 2 is 2.05 bits per heavy atom. The van der Waals surface area contributed by atoms with Gasteiger partial charge in [-0.2, -0.15) is 5.06 Å². The maximum Gasteiger partial charge on any atom is 0.343 e. The predicted molar refractivity (Wildman–Crippen MR) is 91.6 cm³/mol. The molecule has 2 N–H and O–H groups in total. The van der Waals surface area contributed by atoms with Gasteiger partial charge in [0.1, 0.15) is 10.5 Å². The third-order valence-corrected chi connectivity index (χ3v) is 5.13. The minimum atomic E-state index is -0.451. The number of carbonyl (C=O) groups is 1. The van der Waals surface area contributed by atoms with Gasteiger partial charge in [-0.05, 0) is 26.7 Å². The number of hydroxylamine groups is 2. The molecule has 1 fully saturated rings. The van der Waals surface area contributed by atoms with Crippen LogP contribution in [0.5, 0.6) is 0 Å². The smallest absolute Gasteiger partial charge is 0.336 e. The lowest BCUT2D eigenvalue weighted by atomic mass is 10.1. The highest BCUT2D eigenvalue weighted by atomic mass is 32.2. The number of urea groups is 1. The number of hydrogen-bond donors (Lipinski definition) is 2. The molecule has 7 heteroatoms. The van der Waals surface area contributed by atoms with E-state index in [1.54, 1.807) is 0 Å². The van der Waals surface area contributed by atoms with Crippen LogP contribution in [0.15, 0.2) is 0 Å². The minimum absolute atomic E-state index is 0.332. The van der Waals surface area contributed by atoms with Gasteiger partial charge in [0, 0.05) is 13.1 Å². The van der Waals surface area contributed by atoms with Gasteiger partial charge in [0.2, 0.25) is 0 Å². The van der Waals surface area contributed by atoms with E-state index < -0.39 is 12.2 Å². The predicted octanol–water partition coefficient (Wildman–Crippen LogP) is 3.43. The number of thiocarbonyl (C=S) groups is 1. The molecule has 0 aliphatic carbocycles. The Morgan fingerprint density at radius 3 is 2.62 bits per heavy atom. The molecule has 0 unspecified atom stereocenters. The standard InChI is InChI=1S/C14H27N3O2S2/c1-5-7-9-15-12(18)17(19)11-14(3,4)21-13(20)16(11)10-8-6-2/h11,19H,5-10H2,1-4H3,(H,15,18)/t11-/m1/s1. The second kappa shape index (κ2) is 8.19. The van der Waals surface area contributed by atoms with Crippen LogP contribution in [0.4, 0.5) is 4.79 Å². The van der Waals surface area contributed by atoms with Crippen molar-refractivity contribution in [3.63, 3.8) is 0 Å². The average Bonchev–Trinajstić information content (AvgIpc) is 2.64. The molecule has 21 heavy (non-hydrogen) atoms. The van der Waals surface area contributed by atoms with E-state index in [0.717, 1.165) is 41.6 Å². The average molecular weight is 334 g/mol. The minimum Gasteiger partial charge on any atom is -0.336 e. The first-order chi connectivity index (χ1) is 9.85. The fourth-order valence-electron chi connectivity index (χ4n) is 2.34. The van der Waals surface area contributed by atoms with E-state index in [4.69, 9.17) is 12.2 Å². The molecule has 0 bridgehead atoms. The summed E-state index contributed by atoms with van der Waals surface area (Å²) in [6.07, 6.45) is 3.51. The van der Waals surface area contributed by atoms with Gasteiger partial charge in [0.05, 0.1) is 4.75 Å². The molecule has 0 aromatic heterocycles. The molecule has 1 heterocycles. The third kappa shape index (κ3) is 4.72. The number of amides is 2. The fourth-order valence-corrected chi connectivity index (χ4v) is 4.27. The summed E-state index contributed by atoms with van der Waals surface area (Å²) in [5.74, 6) is 0. The van der Waals surface area contributed by atoms with Crippen LogP contribution in [-0.2, 0) is 0 Å². The molecule has 1 rings (SSSR count). The molecule has 0 aromatic carbocycles. The first-order valence-electron chi connectivity index (χ1n) is 7.60. The van der Waals surface area contributed by atoms with Gasteiger partial charge in [-0.15, -0.1) is 0 Å². The van der Waals surface area contributed by atoms with Gasteiger partial charge in [0.25, 0.3) is 0 Å². The van der Waals surface area contributed by atoms with E-state index in [1.807, 2.05) is 18.7 Å². The van der Waals surface area contributed by atoms with Crippen LogP contribution in [0.25, 0.3) is 0 Å². The molecular weight excluding hydrogens is 306 g/mol. The van der Waals surface area contributed by atoms with Crippen molar-refractivity contribution in [2.45, 2.75) is 64.3 Å². The molecule has 122 valence electrons. The Bertz CT molecular complexity index is 377. The Kier molecular flexibility index (Phi) is 7.23. The summed E-state index contributed by atoms with van der Waals surface area (Å²) < 4.78 is 0.417. The maximum atomic E-state index is 12.1. The number of nitrogens with zero attached hydrogens (tertiary/aromatic N) is 2. The zero-order valence-corrected chi connectivity index (χ0v) is 15.0. The monoisotopic (exact) mass is 333 g/mol. The van der Waals surface area contributed by atoms with Gasteiger partial charge < -0.3 is 10.2 Å². The molecular formula is C14H27N3O2S2. The normalized spacial score (nSPS) is 20.7. The summed E-state index contributed by atoms with van der Waals surface area (Å²) in [7, 11) is 0. The van der Waals surface area contributed by atoms with Crippen molar-refractivity contribution in [2.75, 3.05) is 13.1 Å². The second-order valence-electron chi connectivity index (χ2n) is 5.82. The molecule has 2 amide bonds. The van der Waals surface area contributed by atoms with E-state index in [-0.39, 0.29) is 4.75 Å². The molecule has 1 aliphatic rings. The van der Waals surface area contributed by atoms with Crippen molar-refractivity contribution in [1.29, 1.82) is 0 Å². The van der Waals surface area contributed by atoms with Gasteiger partial charge in [-0.3, -0.25) is 5.21 Å². The van der Waals surface area contributed by atoms with Gasteiger partial charge in [-0.25, -0.2) is 4.79 Å². The van der Waals surface area contributed by atoms with Crippen molar-refractivity contribution in [2.24, 2.45) is 0 Å². The van der Waals surface area contributed by atoms with Crippen molar-refractivity contribution in [1.82, 2.24) is 15.3 Å². The summed E-state index contributed by atoms with van der Waals surface area (Å²) in [5.41, 5.74) is 0. The second-order valence-corrected chi connectivity index (χ2v) is 8.11. The topological polar surface area (TPSA) is 55.8 Å². The zero-order valence-electron chi connectivity index (χ0n) is 13.4. The number of carbonyl (C=O) groups excluding carboxylic acids is 1. The van der Waals surface area contributed by atoms with Crippen LogP contribution in [0.3, 0.4) is 0 Å². The van der Waals surface area contributed by atoms with Crippen LogP contribution < -0.4 is 5.32 Å². The molecule has 0 radical (unpaired) electrons. The molecule has 0 spiro atoms. The molecule has 0 aromatic rings. The van der Waals surface area contributed by atoms with Crippen molar-refractivity contribution < 1.29 is 10.0 Å². The van der Waals surface area contributed by atoms with E-state index in [2.05, 4.69) is 19.2 Å². The van der Waals surface area contributed by atoms with Crippen LogP contribution >= 0.6 is 24.0 Å². The molecule has 1 atom stereocenters. The van der Waals surface area contributed by atoms with E-state index in [1.165, 1.54) is 11.8 Å². The quantitative estimate of drug-likeness (QED) is 0.323. The van der Waals surface area contributed by atoms with E-state index in [9.17, 15) is 10.0 Å². The zero-order chi connectivity index (χ0) is 16.0. The molecule has 1 aliphatic heterocycles. The highest BCUT2D eigenvalue weighted by Crippen LogP contribution is 2.42. The van der Waals surface area contributed by atoms with Crippen molar-refractivity contribution in [3.05, 3.63) is 0 Å². The Balaban J connectivity index is 2.77. The Morgan fingerprint density at radius 1 is 1.43 bits per heavy atom. The summed E-state index contributed by atoms with van der Waals surface area (Å²) in [6, 6.07) is -0.451. The SMILES string of the molecule is CCCCNC(=O)N(O)[C@H]1N(CCCC)C(=S)SC1(C)C. The third-order valence-electron chi connectivity index (χ3n) is 3.50. The fraction of sp³-hybridized carbons (Fsp3) is 0.857. The first-order valence-corrected chi connectivity index (χ1v) is 8.83. The molecule has 5 nitrogen and oxygen atoms in total. The summed E-state index contributed by atoms with van der Waals surface area (Å²) in [5, 5.41) is 13.9. The van der Waals surface area contributed by atoms with Crippen LogP contribution in [0.2, 0.25) is 0 Å². The summed E-state index contributed by atoms with van der Waals surface area (Å²) >= 11 is 6.95. The highest BCUT2D eigenvalue weighted by molar-refractivity contribution is 8.24. The summed E-state index contributed by atoms with van der Waals surface area (Å²) in [6.45, 7) is 9.51. The Labute approximate surface area is 137 Å². The highest BCUT2D eigenvalue weighted by Gasteiger charge is 2.48. The van der Waals surface area contributed by atoms with E-state index >= 15 is 0 Å². The number of nitrogens with one attached hydrogen (secondary N) is 1. The summed E-state index contributed by atoms with van der Waals surface area (Å²) in [4.78, 5) is 14.1. The molecule has 1 saturated heterocycles. The van der Waals surface area contributed by atoms with E-state index in [0.29, 0.717) is 6.54 Å². The van der Waals surface area contributed by atoms with Crippen molar-refractivity contribution >= 4 is 34.3 Å². The number of unbranched alkanes of at least 4 members (excludes halogenated alkanes) is 2. The maximum absolute atomic E-state index is 12.1. The van der Waals surface area contributed by atoms with Crippen molar-refractivity contribution in [3.8, 4) is 0 Å². The van der Waals surface area contributed by atoms with Gasteiger partial charge >= 0.3 is 6.03 Å². The lowest BCUT2D eigenvalue weighted by Crippen LogP contribution is -2.57. The first kappa shape index (κ1) is 18.5. The molecule has 0 saturated carbocycles. The largest absolute Gasteiger partial charge is 0.343 e. The Hall–Kier alpha value is -0.530. The lowest BCUT2D eigenvalue weighted by Gasteiger charge is -2.36. The van der Waals surface area contributed by atoms with Gasteiger partial charge in [-0.1, -0.05) is 50.7 Å². The number of thioether (sulfide) groups is 1. The number of hydrogen-bond acceptors (Lipinski definition) is 4. The van der Waals surface area contributed by atoms with Gasteiger partial charge in [0.15, 0.2) is 0 Å². The number of rotatable bonds is 7. The van der Waals surface area contributed by atoms with Crippen LogP contribution in [-0.4, -0.2) is 49.5 Å². The van der Waals surface area contributed by atoms with Crippen LogP contribution in [0.1, 0.15) is 53.4 Å². The lowest BCUT2D eigenvalue weighted by molar-refractivity contribution is -0.118.